The molecule has 4 nitrogen and oxygen atoms in total. The molecule has 1 aromatic carbocycles. The van der Waals surface area contributed by atoms with E-state index in [2.05, 4.69) is 24.5 Å². The van der Waals surface area contributed by atoms with E-state index >= 15 is 0 Å². The molecule has 1 aromatic rings. The first-order chi connectivity index (χ1) is 11.2. The van der Waals surface area contributed by atoms with Crippen LogP contribution in [0, 0.1) is 5.92 Å². The van der Waals surface area contributed by atoms with E-state index in [0.717, 1.165) is 30.2 Å². The molecule has 5 heteroatoms. The quantitative estimate of drug-likeness (QED) is 0.725. The van der Waals surface area contributed by atoms with E-state index in [0.29, 0.717) is 24.2 Å². The molecule has 0 aromatic heterocycles. The average Bonchev–Trinajstić information content (AvgIpc) is 2.80. The molecule has 0 aliphatic carbocycles. The van der Waals surface area contributed by atoms with Gasteiger partial charge in [0.05, 0.1) is 13.2 Å². The van der Waals surface area contributed by atoms with Crippen molar-refractivity contribution in [3.63, 3.8) is 0 Å². The maximum Gasteiger partial charge on any atom is 0.170 e. The van der Waals surface area contributed by atoms with Gasteiger partial charge in [-0.1, -0.05) is 33.1 Å². The number of thiocarbonyl (C=S) groups is 1. The Hall–Kier alpha value is -1.49. The maximum atomic E-state index is 5.70. The molecule has 0 radical (unpaired) electrons. The summed E-state index contributed by atoms with van der Waals surface area (Å²) in [5.74, 6) is 2.26. The van der Waals surface area contributed by atoms with Crippen LogP contribution in [0.15, 0.2) is 18.2 Å². The molecule has 0 saturated carbocycles. The summed E-state index contributed by atoms with van der Waals surface area (Å²) in [5.41, 5.74) is 0.924. The van der Waals surface area contributed by atoms with Crippen molar-refractivity contribution in [3.05, 3.63) is 18.2 Å². The minimum absolute atomic E-state index is 0.662. The fourth-order valence-corrected chi connectivity index (χ4v) is 2.80. The van der Waals surface area contributed by atoms with Gasteiger partial charge in [-0.25, -0.2) is 0 Å². The fraction of sp³-hybridized carbons (Fsp3) is 0.611. The first-order valence-electron chi connectivity index (χ1n) is 8.67. The van der Waals surface area contributed by atoms with Gasteiger partial charge in [-0.15, -0.1) is 0 Å². The summed E-state index contributed by atoms with van der Waals surface area (Å²) in [6.45, 7) is 6.79. The molecular weight excluding hydrogens is 308 g/mol. The van der Waals surface area contributed by atoms with Gasteiger partial charge in [0.2, 0.25) is 0 Å². The molecule has 2 N–H and O–H groups in total. The number of rotatable bonds is 7. The number of unbranched alkanes of at least 4 members (excludes halogenated alkanes) is 1. The van der Waals surface area contributed by atoms with Crippen LogP contribution in [0.1, 0.15) is 46.0 Å². The smallest absolute Gasteiger partial charge is 0.170 e. The Kier molecular flexibility index (Phi) is 7.46. The van der Waals surface area contributed by atoms with E-state index in [-0.39, 0.29) is 0 Å². The molecular formula is C18H28N2O2S. The molecule has 128 valence electrons. The fourth-order valence-electron chi connectivity index (χ4n) is 2.60. The SMILES string of the molecule is CCCC[C@@H](CC)CNC(=S)Nc1ccc2c(c1)OCCCO2. The van der Waals surface area contributed by atoms with Crippen LogP contribution in [-0.4, -0.2) is 24.9 Å². The third-order valence-corrected chi connectivity index (χ3v) is 4.35. The zero-order chi connectivity index (χ0) is 16.5. The van der Waals surface area contributed by atoms with Gasteiger partial charge in [0.1, 0.15) is 0 Å². The van der Waals surface area contributed by atoms with E-state index < -0.39 is 0 Å². The predicted octanol–water partition coefficient (Wildman–Crippen LogP) is 4.35. The molecule has 23 heavy (non-hydrogen) atoms. The Bertz CT molecular complexity index is 508. The summed E-state index contributed by atoms with van der Waals surface area (Å²) in [6.07, 6.45) is 5.87. The number of anilines is 1. The number of nitrogens with one attached hydrogen (secondary N) is 2. The first kappa shape index (κ1) is 17.9. The van der Waals surface area contributed by atoms with Gasteiger partial charge in [-0.05, 0) is 36.7 Å². The van der Waals surface area contributed by atoms with Crippen molar-refractivity contribution in [2.75, 3.05) is 25.1 Å². The monoisotopic (exact) mass is 336 g/mol. The molecule has 0 spiro atoms. The Morgan fingerprint density at radius 3 is 2.74 bits per heavy atom. The Labute approximate surface area is 144 Å². The van der Waals surface area contributed by atoms with Crippen LogP contribution in [0.4, 0.5) is 5.69 Å². The third kappa shape index (κ3) is 5.90. The zero-order valence-corrected chi connectivity index (χ0v) is 15.0. The summed E-state index contributed by atoms with van der Waals surface area (Å²) in [4.78, 5) is 0. The summed E-state index contributed by atoms with van der Waals surface area (Å²) in [7, 11) is 0. The van der Waals surface area contributed by atoms with Gasteiger partial charge in [0.25, 0.3) is 0 Å². The molecule has 0 unspecified atom stereocenters. The van der Waals surface area contributed by atoms with Crippen LogP contribution in [0.25, 0.3) is 0 Å². The summed E-state index contributed by atoms with van der Waals surface area (Å²) in [5, 5.41) is 7.23. The lowest BCUT2D eigenvalue weighted by molar-refractivity contribution is 0.297. The second kappa shape index (κ2) is 9.60. The highest BCUT2D eigenvalue weighted by atomic mass is 32.1. The van der Waals surface area contributed by atoms with Crippen molar-refractivity contribution in [2.45, 2.75) is 46.0 Å². The second-order valence-corrected chi connectivity index (χ2v) is 6.37. The standard InChI is InChI=1S/C18H28N2O2S/c1-3-5-7-14(4-2)13-19-18(23)20-15-8-9-16-17(12-15)22-11-6-10-21-16/h8-9,12,14H,3-7,10-11,13H2,1-2H3,(H2,19,20,23)/t14-/m1/s1. The minimum atomic E-state index is 0.662. The van der Waals surface area contributed by atoms with E-state index in [1.807, 2.05) is 18.2 Å². The molecule has 1 atom stereocenters. The van der Waals surface area contributed by atoms with E-state index in [1.54, 1.807) is 0 Å². The summed E-state index contributed by atoms with van der Waals surface area (Å²) in [6, 6.07) is 5.85. The van der Waals surface area contributed by atoms with E-state index in [4.69, 9.17) is 21.7 Å². The molecule has 1 heterocycles. The van der Waals surface area contributed by atoms with Crippen LogP contribution in [0.2, 0.25) is 0 Å². The number of ether oxygens (including phenoxy) is 2. The van der Waals surface area contributed by atoms with Crippen LogP contribution in [0.3, 0.4) is 0 Å². The first-order valence-corrected chi connectivity index (χ1v) is 9.08. The van der Waals surface area contributed by atoms with Gasteiger partial charge in [0.15, 0.2) is 16.6 Å². The van der Waals surface area contributed by atoms with E-state index in [1.165, 1.54) is 25.7 Å². The van der Waals surface area contributed by atoms with Gasteiger partial charge in [0, 0.05) is 24.7 Å². The van der Waals surface area contributed by atoms with Crippen LogP contribution < -0.4 is 20.1 Å². The van der Waals surface area contributed by atoms with Crippen molar-refractivity contribution in [3.8, 4) is 11.5 Å². The maximum absolute atomic E-state index is 5.70. The lowest BCUT2D eigenvalue weighted by Crippen LogP contribution is -2.32. The second-order valence-electron chi connectivity index (χ2n) is 5.96. The molecule has 1 aliphatic rings. The minimum Gasteiger partial charge on any atom is -0.490 e. The van der Waals surface area contributed by atoms with Crippen molar-refractivity contribution >= 4 is 23.0 Å². The van der Waals surface area contributed by atoms with Crippen LogP contribution >= 0.6 is 12.2 Å². The number of hydrogen-bond donors (Lipinski definition) is 2. The third-order valence-electron chi connectivity index (χ3n) is 4.10. The number of fused-ring (bicyclic) bond motifs is 1. The molecule has 0 fully saturated rings. The summed E-state index contributed by atoms with van der Waals surface area (Å²) < 4.78 is 11.3. The van der Waals surface area contributed by atoms with Crippen molar-refractivity contribution in [1.29, 1.82) is 0 Å². The Balaban J connectivity index is 1.84. The van der Waals surface area contributed by atoms with Gasteiger partial charge in [-0.3, -0.25) is 0 Å². The number of benzene rings is 1. The van der Waals surface area contributed by atoms with Gasteiger partial charge < -0.3 is 20.1 Å². The van der Waals surface area contributed by atoms with Crippen molar-refractivity contribution in [1.82, 2.24) is 5.32 Å². The highest BCUT2D eigenvalue weighted by Gasteiger charge is 2.11. The van der Waals surface area contributed by atoms with Gasteiger partial charge in [-0.2, -0.15) is 0 Å². The molecule has 0 amide bonds. The molecule has 0 bridgehead atoms. The molecule has 1 aliphatic heterocycles. The Morgan fingerprint density at radius 1 is 1.22 bits per heavy atom. The Morgan fingerprint density at radius 2 is 2.00 bits per heavy atom. The van der Waals surface area contributed by atoms with Crippen molar-refractivity contribution in [2.24, 2.45) is 5.92 Å². The lowest BCUT2D eigenvalue weighted by atomic mass is 9.99. The highest BCUT2D eigenvalue weighted by Crippen LogP contribution is 2.32. The largest absolute Gasteiger partial charge is 0.490 e. The zero-order valence-electron chi connectivity index (χ0n) is 14.2. The van der Waals surface area contributed by atoms with Gasteiger partial charge >= 0.3 is 0 Å². The highest BCUT2D eigenvalue weighted by molar-refractivity contribution is 7.80. The molecule has 2 rings (SSSR count). The lowest BCUT2D eigenvalue weighted by Gasteiger charge is -2.17. The van der Waals surface area contributed by atoms with E-state index in [9.17, 15) is 0 Å². The van der Waals surface area contributed by atoms with Crippen LogP contribution in [0.5, 0.6) is 11.5 Å². The topological polar surface area (TPSA) is 42.5 Å². The normalized spacial score (nSPS) is 14.7. The average molecular weight is 337 g/mol. The predicted molar refractivity (Wildman–Crippen MR) is 99.6 cm³/mol. The molecule has 0 saturated heterocycles. The van der Waals surface area contributed by atoms with Crippen LogP contribution in [-0.2, 0) is 0 Å². The number of hydrogen-bond acceptors (Lipinski definition) is 3. The summed E-state index contributed by atoms with van der Waals surface area (Å²) >= 11 is 5.40. The van der Waals surface area contributed by atoms with Crippen molar-refractivity contribution < 1.29 is 9.47 Å².